The van der Waals surface area contributed by atoms with Crippen LogP contribution in [0.1, 0.15) is 29.5 Å². The van der Waals surface area contributed by atoms with Gasteiger partial charge in [0.25, 0.3) is 0 Å². The van der Waals surface area contributed by atoms with Gasteiger partial charge in [0.05, 0.1) is 13.2 Å². The standard InChI is InChI=1S/C33H40N6O6/c34-30(36-32(40)41)26-8-12-28(13-9-26)43-22-4-16-38-18-20-39(21-19-38)17-5-23-44-29-14-10-27(11-15-29)31(35)37-33(42)45-24-25-6-2-1-3-7-25/h1-3,6-15H,4-5,16-24H2,(H2,34,36)(H,40,41)(H2,35,37,42). The van der Waals surface area contributed by atoms with Crippen LogP contribution in [0.25, 0.3) is 0 Å². The number of nitrogens with two attached hydrogens (primary N) is 1. The fourth-order valence-corrected chi connectivity index (χ4v) is 4.73. The number of carbonyl (C=O) groups excluding carboxylic acids is 1. The summed E-state index contributed by atoms with van der Waals surface area (Å²) < 4.78 is 16.9. The highest BCUT2D eigenvalue weighted by atomic mass is 16.5. The van der Waals surface area contributed by atoms with Crippen LogP contribution in [0.4, 0.5) is 9.59 Å². The first-order valence-electron chi connectivity index (χ1n) is 14.9. The van der Waals surface area contributed by atoms with E-state index in [1.54, 1.807) is 48.5 Å². The average Bonchev–Trinajstić information content (AvgIpc) is 3.05. The molecule has 0 aliphatic carbocycles. The topological polar surface area (TPSA) is 163 Å². The number of amides is 2. The van der Waals surface area contributed by atoms with Crippen LogP contribution >= 0.6 is 0 Å². The van der Waals surface area contributed by atoms with E-state index in [9.17, 15) is 9.59 Å². The van der Waals surface area contributed by atoms with E-state index in [1.807, 2.05) is 30.3 Å². The second kappa shape index (κ2) is 17.4. The molecule has 0 spiro atoms. The molecule has 12 heteroatoms. The minimum atomic E-state index is -1.32. The average molecular weight is 617 g/mol. The predicted molar refractivity (Wildman–Crippen MR) is 171 cm³/mol. The summed E-state index contributed by atoms with van der Waals surface area (Å²) in [5.41, 5.74) is 7.63. The number of piperazine rings is 1. The smallest absolute Gasteiger partial charge is 0.433 e. The fourth-order valence-electron chi connectivity index (χ4n) is 4.73. The Bertz CT molecular complexity index is 1410. The molecule has 1 aliphatic heterocycles. The van der Waals surface area contributed by atoms with Crippen molar-refractivity contribution >= 4 is 23.9 Å². The molecule has 238 valence electrons. The molecule has 4 rings (SSSR count). The van der Waals surface area contributed by atoms with Crippen molar-refractivity contribution in [2.24, 2.45) is 10.7 Å². The molecule has 1 aliphatic rings. The van der Waals surface area contributed by atoms with Crippen LogP contribution in [-0.4, -0.2) is 91.2 Å². The monoisotopic (exact) mass is 616 g/mol. The summed E-state index contributed by atoms with van der Waals surface area (Å²) in [7, 11) is 0. The lowest BCUT2D eigenvalue weighted by molar-refractivity contribution is 0.120. The number of nitrogens with one attached hydrogen (secondary N) is 2. The predicted octanol–water partition coefficient (Wildman–Crippen LogP) is 4.18. The van der Waals surface area contributed by atoms with E-state index in [1.165, 1.54) is 0 Å². The Hall–Kier alpha value is -4.94. The highest BCUT2D eigenvalue weighted by Gasteiger charge is 2.16. The molecule has 0 unspecified atom stereocenters. The number of nitrogens with zero attached hydrogens (tertiary/aromatic N) is 3. The minimum Gasteiger partial charge on any atom is -0.494 e. The van der Waals surface area contributed by atoms with Gasteiger partial charge in [0.2, 0.25) is 0 Å². The van der Waals surface area contributed by atoms with Crippen LogP contribution in [0, 0.1) is 5.41 Å². The number of aliphatic imine (C=N–C) groups is 1. The van der Waals surface area contributed by atoms with Crippen LogP contribution in [0.5, 0.6) is 11.5 Å². The molecule has 0 aromatic heterocycles. The van der Waals surface area contributed by atoms with Gasteiger partial charge >= 0.3 is 12.2 Å². The molecule has 5 N–H and O–H groups in total. The van der Waals surface area contributed by atoms with Crippen LogP contribution in [0.15, 0.2) is 83.9 Å². The SMILES string of the molecule is N=C(NC(=O)OCc1ccccc1)c1ccc(OCCCN2CCN(CCCOc3ccc(C(N)=NC(=O)O)cc3)CC2)cc1. The van der Waals surface area contributed by atoms with Gasteiger partial charge in [-0.3, -0.25) is 10.7 Å². The van der Waals surface area contributed by atoms with Gasteiger partial charge in [0.1, 0.15) is 29.8 Å². The molecule has 0 saturated carbocycles. The third-order valence-corrected chi connectivity index (χ3v) is 7.19. The van der Waals surface area contributed by atoms with E-state index in [4.69, 9.17) is 30.5 Å². The molecule has 12 nitrogen and oxygen atoms in total. The number of ether oxygens (including phenoxy) is 3. The molecule has 1 heterocycles. The molecule has 0 radical (unpaired) electrons. The highest BCUT2D eigenvalue weighted by Crippen LogP contribution is 2.14. The van der Waals surface area contributed by atoms with E-state index in [2.05, 4.69) is 20.1 Å². The number of hydrogen-bond donors (Lipinski definition) is 4. The van der Waals surface area contributed by atoms with Gasteiger partial charge in [-0.25, -0.2) is 9.59 Å². The van der Waals surface area contributed by atoms with Crippen molar-refractivity contribution in [3.05, 3.63) is 95.6 Å². The Morgan fingerprint density at radius 1 is 0.800 bits per heavy atom. The van der Waals surface area contributed by atoms with Crippen molar-refractivity contribution in [2.75, 3.05) is 52.5 Å². The van der Waals surface area contributed by atoms with Crippen molar-refractivity contribution in [1.82, 2.24) is 15.1 Å². The number of rotatable bonds is 14. The van der Waals surface area contributed by atoms with Gasteiger partial charge in [-0.1, -0.05) is 30.3 Å². The lowest BCUT2D eigenvalue weighted by Gasteiger charge is -2.34. The summed E-state index contributed by atoms with van der Waals surface area (Å²) in [6, 6.07) is 23.4. The second-order valence-corrected chi connectivity index (χ2v) is 10.5. The summed E-state index contributed by atoms with van der Waals surface area (Å²) in [5, 5.41) is 19.3. The zero-order valence-electron chi connectivity index (χ0n) is 25.2. The number of amidine groups is 2. The lowest BCUT2D eigenvalue weighted by Crippen LogP contribution is -2.47. The number of carbonyl (C=O) groups is 2. The van der Waals surface area contributed by atoms with E-state index < -0.39 is 12.2 Å². The summed E-state index contributed by atoms with van der Waals surface area (Å²) in [6.07, 6.45) is -0.174. The third kappa shape index (κ3) is 11.6. The van der Waals surface area contributed by atoms with Gasteiger partial charge < -0.3 is 34.9 Å². The second-order valence-electron chi connectivity index (χ2n) is 10.5. The maximum atomic E-state index is 12.0. The van der Waals surface area contributed by atoms with Crippen molar-refractivity contribution in [3.63, 3.8) is 0 Å². The van der Waals surface area contributed by atoms with Crippen LogP contribution in [-0.2, 0) is 11.3 Å². The largest absolute Gasteiger partial charge is 0.494 e. The van der Waals surface area contributed by atoms with Gasteiger partial charge in [-0.15, -0.1) is 0 Å². The maximum absolute atomic E-state index is 12.0. The molecule has 2 amide bonds. The van der Waals surface area contributed by atoms with E-state index >= 15 is 0 Å². The lowest BCUT2D eigenvalue weighted by atomic mass is 10.2. The molecule has 3 aromatic carbocycles. The van der Waals surface area contributed by atoms with E-state index in [0.29, 0.717) is 30.1 Å². The molecule has 3 aromatic rings. The van der Waals surface area contributed by atoms with Crippen molar-refractivity contribution in [1.29, 1.82) is 5.41 Å². The summed E-state index contributed by atoms with van der Waals surface area (Å²) in [4.78, 5) is 30.9. The Balaban J connectivity index is 1.03. The fraction of sp³-hybridized carbons (Fsp3) is 0.333. The molecule has 0 atom stereocenters. The zero-order chi connectivity index (χ0) is 31.9. The Morgan fingerprint density at radius 3 is 1.82 bits per heavy atom. The summed E-state index contributed by atoms with van der Waals surface area (Å²) in [5.74, 6) is 1.35. The maximum Gasteiger partial charge on any atom is 0.433 e. The van der Waals surface area contributed by atoms with Crippen molar-refractivity contribution in [2.45, 2.75) is 19.4 Å². The van der Waals surface area contributed by atoms with E-state index in [-0.39, 0.29) is 18.3 Å². The molecule has 1 saturated heterocycles. The molecule has 45 heavy (non-hydrogen) atoms. The Morgan fingerprint density at radius 2 is 1.31 bits per heavy atom. The summed E-state index contributed by atoms with van der Waals surface area (Å²) in [6.45, 7) is 7.31. The third-order valence-electron chi connectivity index (χ3n) is 7.19. The normalized spacial score (nSPS) is 14.0. The number of benzene rings is 3. The van der Waals surface area contributed by atoms with Gasteiger partial charge in [0.15, 0.2) is 0 Å². The molecule has 0 bridgehead atoms. The first kappa shape index (κ1) is 33.0. The number of carboxylic acid groups (broad SMARTS) is 1. The summed E-state index contributed by atoms with van der Waals surface area (Å²) >= 11 is 0. The van der Waals surface area contributed by atoms with Crippen LogP contribution in [0.3, 0.4) is 0 Å². The molecular formula is C33H40N6O6. The van der Waals surface area contributed by atoms with Crippen molar-refractivity contribution < 1.29 is 28.9 Å². The number of hydrogen-bond acceptors (Lipinski definition) is 8. The van der Waals surface area contributed by atoms with E-state index in [0.717, 1.165) is 63.4 Å². The minimum absolute atomic E-state index is 0.0332. The van der Waals surface area contributed by atoms with Gasteiger partial charge in [-0.2, -0.15) is 4.99 Å². The van der Waals surface area contributed by atoms with Gasteiger partial charge in [-0.05, 0) is 66.9 Å². The Kier molecular flexibility index (Phi) is 12.7. The Labute approximate surface area is 262 Å². The molecule has 1 fully saturated rings. The quantitative estimate of drug-likeness (QED) is 0.118. The first-order valence-corrected chi connectivity index (χ1v) is 14.9. The highest BCUT2D eigenvalue weighted by molar-refractivity contribution is 6.04. The zero-order valence-corrected chi connectivity index (χ0v) is 25.2. The molecular weight excluding hydrogens is 576 g/mol. The first-order chi connectivity index (χ1) is 21.9. The van der Waals surface area contributed by atoms with Crippen LogP contribution < -0.4 is 20.5 Å². The number of alkyl carbamates (subject to hydrolysis) is 1. The van der Waals surface area contributed by atoms with Crippen molar-refractivity contribution in [3.8, 4) is 11.5 Å². The van der Waals surface area contributed by atoms with Crippen LogP contribution in [0.2, 0.25) is 0 Å². The van der Waals surface area contributed by atoms with Gasteiger partial charge in [0, 0.05) is 50.4 Å².